The largest absolute Gasteiger partial charge is 0.416 e. The Hall–Kier alpha value is -3.01. The summed E-state index contributed by atoms with van der Waals surface area (Å²) >= 11 is 0. The maximum absolute atomic E-state index is 13.9. The lowest BCUT2D eigenvalue weighted by atomic mass is 10.1. The van der Waals surface area contributed by atoms with Gasteiger partial charge in [0.05, 0.1) is 17.6 Å². The molecule has 3 N–H and O–H groups in total. The molecule has 5 nitrogen and oxygen atoms in total. The molecule has 0 saturated heterocycles. The van der Waals surface area contributed by atoms with E-state index in [9.17, 15) is 26.7 Å². The summed E-state index contributed by atoms with van der Waals surface area (Å²) in [4.78, 5) is 11.8. The molecule has 1 amide bonds. The lowest BCUT2D eigenvalue weighted by molar-refractivity contribution is -0.137. The summed E-state index contributed by atoms with van der Waals surface area (Å²) in [6.07, 6.45) is -4.61. The van der Waals surface area contributed by atoms with Crippen molar-refractivity contribution in [2.24, 2.45) is 5.84 Å². The third-order valence-corrected chi connectivity index (χ3v) is 3.76. The fraction of sp³-hybridized carbons (Fsp3) is 0.125. The van der Waals surface area contributed by atoms with Crippen molar-refractivity contribution in [2.45, 2.75) is 12.7 Å². The van der Waals surface area contributed by atoms with Gasteiger partial charge in [-0.15, -0.1) is 0 Å². The third kappa shape index (κ3) is 3.23. The van der Waals surface area contributed by atoms with E-state index in [1.165, 1.54) is 0 Å². The number of carbonyl (C=O) groups is 1. The van der Waals surface area contributed by atoms with Crippen LogP contribution in [0.15, 0.2) is 36.4 Å². The van der Waals surface area contributed by atoms with E-state index in [4.69, 9.17) is 5.84 Å². The Bertz CT molecular complexity index is 996. The van der Waals surface area contributed by atoms with Crippen LogP contribution < -0.4 is 11.3 Å². The lowest BCUT2D eigenvalue weighted by Gasteiger charge is -2.08. The van der Waals surface area contributed by atoms with Gasteiger partial charge in [-0.1, -0.05) is 6.07 Å². The van der Waals surface area contributed by atoms with Crippen LogP contribution in [0.2, 0.25) is 0 Å². The Labute approximate surface area is 143 Å². The number of fused-ring (bicyclic) bond motifs is 1. The number of nitrogen functional groups attached to an aromatic ring is 1. The van der Waals surface area contributed by atoms with E-state index in [0.29, 0.717) is 6.07 Å². The number of hydrogen-bond donors (Lipinski definition) is 2. The number of nitrogens with two attached hydrogens (primary N) is 1. The predicted octanol–water partition coefficient (Wildman–Crippen LogP) is 2.99. The topological polar surface area (TPSA) is 72.9 Å². The molecule has 0 aliphatic rings. The number of rotatable bonds is 3. The van der Waals surface area contributed by atoms with E-state index in [1.807, 2.05) is 5.43 Å². The van der Waals surface area contributed by atoms with Gasteiger partial charge in [-0.05, 0) is 24.3 Å². The van der Waals surface area contributed by atoms with Gasteiger partial charge in [0.25, 0.3) is 5.91 Å². The van der Waals surface area contributed by atoms with Crippen LogP contribution in [0, 0.1) is 11.6 Å². The van der Waals surface area contributed by atoms with Crippen molar-refractivity contribution in [3.8, 4) is 0 Å². The molecule has 26 heavy (non-hydrogen) atoms. The summed E-state index contributed by atoms with van der Waals surface area (Å²) in [5.74, 6) is 2.58. The summed E-state index contributed by atoms with van der Waals surface area (Å²) in [6.45, 7) is -0.304. The first-order chi connectivity index (χ1) is 12.2. The number of carbonyl (C=O) groups excluding carboxylic acids is 1. The Morgan fingerprint density at radius 1 is 1.15 bits per heavy atom. The second-order valence-corrected chi connectivity index (χ2v) is 5.45. The molecule has 0 saturated carbocycles. The number of aromatic nitrogens is 2. The van der Waals surface area contributed by atoms with Crippen molar-refractivity contribution in [1.82, 2.24) is 15.2 Å². The Balaban J connectivity index is 2.17. The van der Waals surface area contributed by atoms with Gasteiger partial charge in [-0.3, -0.25) is 14.9 Å². The Morgan fingerprint density at radius 2 is 1.88 bits per heavy atom. The first-order valence-corrected chi connectivity index (χ1v) is 7.23. The molecule has 2 aromatic carbocycles. The molecule has 3 aromatic rings. The smallest absolute Gasteiger partial charge is 0.289 e. The first-order valence-electron chi connectivity index (χ1n) is 7.23. The maximum Gasteiger partial charge on any atom is 0.416 e. The second-order valence-electron chi connectivity index (χ2n) is 5.45. The van der Waals surface area contributed by atoms with Crippen LogP contribution >= 0.6 is 0 Å². The van der Waals surface area contributed by atoms with Gasteiger partial charge in [-0.25, -0.2) is 14.6 Å². The monoisotopic (exact) mass is 370 g/mol. The Kier molecular flexibility index (Phi) is 4.36. The molecule has 0 radical (unpaired) electrons. The predicted molar refractivity (Wildman–Crippen MR) is 81.8 cm³/mol. The van der Waals surface area contributed by atoms with E-state index in [0.717, 1.165) is 35.0 Å². The summed E-state index contributed by atoms with van der Waals surface area (Å²) in [6, 6.07) is 5.51. The first kappa shape index (κ1) is 17.8. The standard InChI is InChI=1S/C16H11F5N4O/c17-10-3-1-8(12(18)6-10)7-25-13-5-9(16(19,20)21)2-4-11(13)14(24-25)15(26)23-22/h1-6H,7,22H2,(H,23,26). The van der Waals surface area contributed by atoms with Crippen LogP contribution in [0.1, 0.15) is 21.6 Å². The molecule has 1 aromatic heterocycles. The molecule has 1 heterocycles. The van der Waals surface area contributed by atoms with Crippen LogP contribution in [0.25, 0.3) is 10.9 Å². The van der Waals surface area contributed by atoms with Crippen LogP contribution in [-0.4, -0.2) is 15.7 Å². The number of alkyl halides is 3. The number of hydrazine groups is 1. The van der Waals surface area contributed by atoms with Gasteiger partial charge in [0, 0.05) is 17.0 Å². The Morgan fingerprint density at radius 3 is 2.50 bits per heavy atom. The molecule has 0 bridgehead atoms. The van der Waals surface area contributed by atoms with E-state index >= 15 is 0 Å². The van der Waals surface area contributed by atoms with Gasteiger partial charge in [0.1, 0.15) is 11.6 Å². The van der Waals surface area contributed by atoms with Gasteiger partial charge >= 0.3 is 6.18 Å². The number of amides is 1. The average molecular weight is 370 g/mol. The molecule has 10 heteroatoms. The van der Waals surface area contributed by atoms with Crippen molar-refractivity contribution in [1.29, 1.82) is 0 Å². The quantitative estimate of drug-likeness (QED) is 0.322. The number of nitrogens with one attached hydrogen (secondary N) is 1. The summed E-state index contributed by atoms with van der Waals surface area (Å²) in [5, 5.41) is 4.05. The fourth-order valence-corrected chi connectivity index (χ4v) is 2.52. The zero-order valence-electron chi connectivity index (χ0n) is 12.9. The minimum atomic E-state index is -4.61. The lowest BCUT2D eigenvalue weighted by Crippen LogP contribution is -2.30. The van der Waals surface area contributed by atoms with Gasteiger partial charge in [0.15, 0.2) is 5.69 Å². The summed E-state index contributed by atoms with van der Waals surface area (Å²) in [5.41, 5.74) is 0.645. The number of hydrogen-bond acceptors (Lipinski definition) is 3. The van der Waals surface area contributed by atoms with E-state index in [-0.39, 0.29) is 28.7 Å². The normalized spacial score (nSPS) is 11.8. The van der Waals surface area contributed by atoms with Crippen LogP contribution in [0.4, 0.5) is 22.0 Å². The van der Waals surface area contributed by atoms with E-state index < -0.39 is 29.3 Å². The third-order valence-electron chi connectivity index (χ3n) is 3.76. The fourth-order valence-electron chi connectivity index (χ4n) is 2.52. The minimum absolute atomic E-state index is 0.00656. The van der Waals surface area contributed by atoms with Crippen LogP contribution in [0.3, 0.4) is 0 Å². The molecule has 0 aliphatic carbocycles. The van der Waals surface area contributed by atoms with Crippen molar-refractivity contribution in [3.05, 3.63) is 64.9 Å². The minimum Gasteiger partial charge on any atom is -0.289 e. The maximum atomic E-state index is 13.9. The van der Waals surface area contributed by atoms with Crippen LogP contribution in [0.5, 0.6) is 0 Å². The average Bonchev–Trinajstić information content (AvgIpc) is 2.94. The van der Waals surface area contributed by atoms with Crippen molar-refractivity contribution in [3.63, 3.8) is 0 Å². The highest BCUT2D eigenvalue weighted by Crippen LogP contribution is 2.32. The van der Waals surface area contributed by atoms with E-state index in [2.05, 4.69) is 5.10 Å². The van der Waals surface area contributed by atoms with Crippen molar-refractivity contribution >= 4 is 16.8 Å². The number of halogens is 5. The molecular weight excluding hydrogens is 359 g/mol. The SMILES string of the molecule is NNC(=O)c1nn(Cc2ccc(F)cc2F)c2cc(C(F)(F)F)ccc12. The summed E-state index contributed by atoms with van der Waals surface area (Å²) < 4.78 is 66.9. The second kappa shape index (κ2) is 6.37. The molecule has 3 rings (SSSR count). The molecular formula is C16H11F5N4O. The van der Waals surface area contributed by atoms with Gasteiger partial charge in [0.2, 0.25) is 0 Å². The molecule has 0 spiro atoms. The number of benzene rings is 2. The number of nitrogens with zero attached hydrogens (tertiary/aromatic N) is 2. The molecule has 0 atom stereocenters. The summed E-state index contributed by atoms with van der Waals surface area (Å²) in [7, 11) is 0. The van der Waals surface area contributed by atoms with Crippen LogP contribution in [-0.2, 0) is 12.7 Å². The van der Waals surface area contributed by atoms with Gasteiger partial charge in [-0.2, -0.15) is 18.3 Å². The van der Waals surface area contributed by atoms with Gasteiger partial charge < -0.3 is 0 Å². The molecule has 0 fully saturated rings. The van der Waals surface area contributed by atoms with Crippen molar-refractivity contribution < 1.29 is 26.7 Å². The van der Waals surface area contributed by atoms with E-state index in [1.54, 1.807) is 0 Å². The zero-order chi connectivity index (χ0) is 19.1. The highest BCUT2D eigenvalue weighted by atomic mass is 19.4. The molecule has 0 unspecified atom stereocenters. The highest BCUT2D eigenvalue weighted by Gasteiger charge is 2.31. The van der Waals surface area contributed by atoms with Crippen molar-refractivity contribution in [2.75, 3.05) is 0 Å². The molecule has 136 valence electrons. The molecule has 0 aliphatic heterocycles. The zero-order valence-corrected chi connectivity index (χ0v) is 12.9. The highest BCUT2D eigenvalue weighted by molar-refractivity contribution is 6.04.